The van der Waals surface area contributed by atoms with Gasteiger partial charge in [-0.2, -0.15) is 0 Å². The summed E-state index contributed by atoms with van der Waals surface area (Å²) < 4.78 is 0. The van der Waals surface area contributed by atoms with Crippen molar-refractivity contribution in [2.75, 3.05) is 5.32 Å². The highest BCUT2D eigenvalue weighted by Crippen LogP contribution is 2.14. The number of aromatic nitrogens is 2. The Hall–Kier alpha value is -2.01. The number of anilines is 2. The Bertz CT molecular complexity index is 578. The fraction of sp³-hybridized carbons (Fsp3) is 0.154. The van der Waals surface area contributed by atoms with Crippen LogP contribution in [0.2, 0.25) is 0 Å². The average molecular weight is 258 g/mol. The summed E-state index contributed by atoms with van der Waals surface area (Å²) in [6.07, 6.45) is 0. The van der Waals surface area contributed by atoms with Gasteiger partial charge in [0.2, 0.25) is 5.95 Å². The molecule has 0 aliphatic carbocycles. The monoisotopic (exact) mass is 258 g/mol. The molecule has 0 saturated carbocycles. The molecular weight excluding hydrogens is 244 g/mol. The molecule has 1 aromatic carbocycles. The van der Waals surface area contributed by atoms with E-state index in [9.17, 15) is 0 Å². The molecule has 2 aromatic rings. The van der Waals surface area contributed by atoms with Crippen molar-refractivity contribution in [3.63, 3.8) is 0 Å². The summed E-state index contributed by atoms with van der Waals surface area (Å²) in [6, 6.07) is 9.75. The lowest BCUT2D eigenvalue weighted by Gasteiger charge is -2.07. The Morgan fingerprint density at radius 3 is 2.44 bits per heavy atom. The highest BCUT2D eigenvalue weighted by molar-refractivity contribution is 7.80. The van der Waals surface area contributed by atoms with Crippen LogP contribution < -0.4 is 11.1 Å². The fourth-order valence-corrected chi connectivity index (χ4v) is 1.62. The smallest absolute Gasteiger partial charge is 0.228 e. The zero-order valence-corrected chi connectivity index (χ0v) is 11.1. The lowest BCUT2D eigenvalue weighted by Crippen LogP contribution is -2.13. The molecule has 92 valence electrons. The molecule has 0 aliphatic rings. The first kappa shape index (κ1) is 12.4. The number of nitrogens with zero attached hydrogens (tertiary/aromatic N) is 2. The van der Waals surface area contributed by atoms with Crippen LogP contribution in [0.15, 0.2) is 30.3 Å². The Morgan fingerprint density at radius 2 is 1.83 bits per heavy atom. The van der Waals surface area contributed by atoms with E-state index in [1.807, 2.05) is 38.1 Å². The fourth-order valence-electron chi connectivity index (χ4n) is 1.52. The zero-order valence-electron chi connectivity index (χ0n) is 10.3. The Balaban J connectivity index is 2.28. The summed E-state index contributed by atoms with van der Waals surface area (Å²) in [5.41, 5.74) is 9.11. The number of nitrogens with two attached hydrogens (primary N) is 1. The number of thiocarbonyl (C=S) groups is 1. The molecule has 0 atom stereocenters. The highest BCUT2D eigenvalue weighted by atomic mass is 32.1. The second-order valence-corrected chi connectivity index (χ2v) is 4.51. The molecule has 0 amide bonds. The predicted molar refractivity (Wildman–Crippen MR) is 77.1 cm³/mol. The minimum Gasteiger partial charge on any atom is -0.388 e. The molecule has 0 aliphatic heterocycles. The molecule has 1 heterocycles. The van der Waals surface area contributed by atoms with Gasteiger partial charge in [-0.05, 0) is 32.0 Å². The van der Waals surface area contributed by atoms with E-state index in [1.165, 1.54) is 5.56 Å². The van der Waals surface area contributed by atoms with Crippen LogP contribution in [0.25, 0.3) is 0 Å². The number of rotatable bonds is 3. The molecule has 0 bridgehead atoms. The second-order valence-electron chi connectivity index (χ2n) is 4.07. The number of hydrogen-bond acceptors (Lipinski definition) is 4. The zero-order chi connectivity index (χ0) is 13.1. The van der Waals surface area contributed by atoms with E-state index >= 15 is 0 Å². The maximum atomic E-state index is 5.58. The third-order valence-corrected chi connectivity index (χ3v) is 2.62. The molecule has 0 saturated heterocycles. The van der Waals surface area contributed by atoms with Crippen LogP contribution >= 0.6 is 12.2 Å². The first-order chi connectivity index (χ1) is 8.54. The number of benzene rings is 1. The molecule has 4 nitrogen and oxygen atoms in total. The maximum Gasteiger partial charge on any atom is 0.228 e. The van der Waals surface area contributed by atoms with Crippen LogP contribution in [-0.4, -0.2) is 15.0 Å². The minimum absolute atomic E-state index is 0.271. The summed E-state index contributed by atoms with van der Waals surface area (Å²) >= 11 is 4.92. The topological polar surface area (TPSA) is 63.8 Å². The van der Waals surface area contributed by atoms with E-state index in [1.54, 1.807) is 6.07 Å². The van der Waals surface area contributed by atoms with Gasteiger partial charge in [-0.25, -0.2) is 9.97 Å². The van der Waals surface area contributed by atoms with Crippen molar-refractivity contribution < 1.29 is 0 Å². The van der Waals surface area contributed by atoms with Crippen molar-refractivity contribution >= 4 is 28.8 Å². The maximum absolute atomic E-state index is 5.58. The summed E-state index contributed by atoms with van der Waals surface area (Å²) in [5.74, 6) is 0.502. The van der Waals surface area contributed by atoms with E-state index in [4.69, 9.17) is 18.0 Å². The van der Waals surface area contributed by atoms with Crippen LogP contribution in [0.3, 0.4) is 0 Å². The molecule has 0 radical (unpaired) electrons. The highest BCUT2D eigenvalue weighted by Gasteiger charge is 2.04. The Labute approximate surface area is 111 Å². The van der Waals surface area contributed by atoms with E-state index in [0.717, 1.165) is 11.4 Å². The normalized spacial score (nSPS) is 10.1. The largest absolute Gasteiger partial charge is 0.388 e. The first-order valence-electron chi connectivity index (χ1n) is 5.54. The van der Waals surface area contributed by atoms with Gasteiger partial charge in [0.25, 0.3) is 0 Å². The number of aryl methyl sites for hydroxylation is 2. The average Bonchev–Trinajstić information content (AvgIpc) is 2.31. The van der Waals surface area contributed by atoms with Crippen LogP contribution in [0.5, 0.6) is 0 Å². The minimum atomic E-state index is 0.271. The molecule has 0 fully saturated rings. The SMILES string of the molecule is Cc1ccc(Nc2nc(C)cc(C(N)=S)n2)cc1. The van der Waals surface area contributed by atoms with Gasteiger partial charge in [0, 0.05) is 11.4 Å². The van der Waals surface area contributed by atoms with Crippen LogP contribution in [0.4, 0.5) is 11.6 Å². The van der Waals surface area contributed by atoms with Gasteiger partial charge in [0.05, 0.1) is 0 Å². The number of hydrogen-bond donors (Lipinski definition) is 2. The quantitative estimate of drug-likeness (QED) is 0.828. The van der Waals surface area contributed by atoms with Gasteiger partial charge < -0.3 is 11.1 Å². The lowest BCUT2D eigenvalue weighted by molar-refractivity contribution is 1.09. The van der Waals surface area contributed by atoms with E-state index in [0.29, 0.717) is 11.6 Å². The molecule has 5 heteroatoms. The molecule has 1 aromatic heterocycles. The van der Waals surface area contributed by atoms with Crippen LogP contribution in [0, 0.1) is 13.8 Å². The van der Waals surface area contributed by atoms with Gasteiger partial charge in [-0.15, -0.1) is 0 Å². The van der Waals surface area contributed by atoms with Crippen molar-refractivity contribution in [3.8, 4) is 0 Å². The lowest BCUT2D eigenvalue weighted by atomic mass is 10.2. The third kappa shape index (κ3) is 3.01. The standard InChI is InChI=1S/C13H14N4S/c1-8-3-5-10(6-4-8)16-13-15-9(2)7-11(17-13)12(14)18/h3-7H,1-2H3,(H2,14,18)(H,15,16,17). The molecule has 0 unspecified atom stereocenters. The van der Waals surface area contributed by atoms with Crippen molar-refractivity contribution in [2.24, 2.45) is 5.73 Å². The van der Waals surface area contributed by atoms with Crippen molar-refractivity contribution in [3.05, 3.63) is 47.3 Å². The van der Waals surface area contributed by atoms with Crippen LogP contribution in [-0.2, 0) is 0 Å². The van der Waals surface area contributed by atoms with Gasteiger partial charge in [0.1, 0.15) is 10.7 Å². The molecule has 3 N–H and O–H groups in total. The Kier molecular flexibility index (Phi) is 3.53. The number of nitrogens with one attached hydrogen (secondary N) is 1. The second kappa shape index (κ2) is 5.10. The van der Waals surface area contributed by atoms with Gasteiger partial charge in [-0.1, -0.05) is 29.9 Å². The van der Waals surface area contributed by atoms with E-state index in [2.05, 4.69) is 15.3 Å². The molecule has 0 spiro atoms. The third-order valence-electron chi connectivity index (χ3n) is 2.41. The predicted octanol–water partition coefficient (Wildman–Crippen LogP) is 2.47. The van der Waals surface area contributed by atoms with E-state index < -0.39 is 0 Å². The summed E-state index contributed by atoms with van der Waals surface area (Å²) in [6.45, 7) is 3.92. The molecule has 18 heavy (non-hydrogen) atoms. The van der Waals surface area contributed by atoms with E-state index in [-0.39, 0.29) is 4.99 Å². The van der Waals surface area contributed by atoms with Crippen molar-refractivity contribution in [1.29, 1.82) is 0 Å². The summed E-state index contributed by atoms with van der Waals surface area (Å²) in [5, 5.41) is 3.13. The first-order valence-corrected chi connectivity index (χ1v) is 5.94. The summed E-state index contributed by atoms with van der Waals surface area (Å²) in [7, 11) is 0. The molecule has 2 rings (SSSR count). The Morgan fingerprint density at radius 1 is 1.17 bits per heavy atom. The van der Waals surface area contributed by atoms with Crippen LogP contribution in [0.1, 0.15) is 17.0 Å². The molecular formula is C13H14N4S. The summed E-state index contributed by atoms with van der Waals surface area (Å²) in [4.78, 5) is 8.83. The van der Waals surface area contributed by atoms with Crippen molar-refractivity contribution in [2.45, 2.75) is 13.8 Å². The van der Waals surface area contributed by atoms with Crippen molar-refractivity contribution in [1.82, 2.24) is 9.97 Å². The van der Waals surface area contributed by atoms with Gasteiger partial charge in [-0.3, -0.25) is 0 Å². The van der Waals surface area contributed by atoms with Gasteiger partial charge in [0.15, 0.2) is 0 Å². The van der Waals surface area contributed by atoms with Gasteiger partial charge >= 0.3 is 0 Å².